The molecule has 0 radical (unpaired) electrons. The molecule has 2 atom stereocenters. The first kappa shape index (κ1) is 19.9. The minimum atomic E-state index is -0.486. The molecule has 2 aliphatic rings. The van der Waals surface area contributed by atoms with Crippen LogP contribution in [0, 0.1) is 0 Å². The van der Waals surface area contributed by atoms with E-state index in [-0.39, 0.29) is 6.10 Å². The van der Waals surface area contributed by atoms with Gasteiger partial charge in [0.15, 0.2) is 0 Å². The van der Waals surface area contributed by atoms with Crippen molar-refractivity contribution in [1.82, 2.24) is 14.8 Å². The molecule has 0 aliphatic carbocycles. The maximum Gasteiger partial charge on any atom is 0.127 e. The lowest BCUT2D eigenvalue weighted by molar-refractivity contribution is -0.0266. The van der Waals surface area contributed by atoms with E-state index >= 15 is 0 Å². The van der Waals surface area contributed by atoms with E-state index in [1.807, 2.05) is 41.8 Å². The maximum atomic E-state index is 10.8. The molecule has 2 saturated heterocycles. The maximum absolute atomic E-state index is 10.8. The highest BCUT2D eigenvalue weighted by atomic mass is 32.1. The van der Waals surface area contributed by atoms with Crippen molar-refractivity contribution in [2.24, 2.45) is 0 Å². The number of likely N-dealkylation sites (tertiary alicyclic amines) is 2. The van der Waals surface area contributed by atoms with E-state index < -0.39 is 6.10 Å². The SMILES string of the molecule is O[C@@H]1CN(Cc2cc(CN3CCCC3)cs2)CC[C@H]1Oc1cccc2cnccc12. The number of pyridine rings is 1. The van der Waals surface area contributed by atoms with Crippen LogP contribution in [0.4, 0.5) is 0 Å². The summed E-state index contributed by atoms with van der Waals surface area (Å²) < 4.78 is 6.25. The van der Waals surface area contributed by atoms with Crippen LogP contribution >= 0.6 is 11.3 Å². The van der Waals surface area contributed by atoms with Crippen molar-refractivity contribution in [3.8, 4) is 5.75 Å². The van der Waals surface area contributed by atoms with Gasteiger partial charge in [0, 0.05) is 54.2 Å². The Labute approximate surface area is 181 Å². The number of aliphatic hydroxyl groups excluding tert-OH is 1. The van der Waals surface area contributed by atoms with Crippen molar-refractivity contribution < 1.29 is 9.84 Å². The molecule has 0 amide bonds. The number of piperidine rings is 1. The molecule has 4 heterocycles. The number of ether oxygens (including phenoxy) is 1. The molecule has 0 saturated carbocycles. The predicted octanol–water partition coefficient (Wildman–Crippen LogP) is 3.91. The Morgan fingerprint density at radius 2 is 2.00 bits per heavy atom. The van der Waals surface area contributed by atoms with Crippen LogP contribution in [0.5, 0.6) is 5.75 Å². The second kappa shape index (κ2) is 9.02. The van der Waals surface area contributed by atoms with Crippen LogP contribution in [-0.4, -0.2) is 58.3 Å². The summed E-state index contributed by atoms with van der Waals surface area (Å²) in [5, 5.41) is 15.2. The highest BCUT2D eigenvalue weighted by Crippen LogP contribution is 2.28. The summed E-state index contributed by atoms with van der Waals surface area (Å²) in [6, 6.07) is 10.3. The molecule has 3 aromatic rings. The molecule has 5 rings (SSSR count). The molecular formula is C24H29N3O2S. The Bertz CT molecular complexity index is 980. The van der Waals surface area contributed by atoms with Crippen LogP contribution in [0.15, 0.2) is 48.1 Å². The third-order valence-electron chi connectivity index (χ3n) is 6.22. The molecule has 1 aromatic carbocycles. The molecule has 30 heavy (non-hydrogen) atoms. The number of fused-ring (bicyclic) bond motifs is 1. The van der Waals surface area contributed by atoms with Gasteiger partial charge in [-0.15, -0.1) is 11.3 Å². The van der Waals surface area contributed by atoms with Gasteiger partial charge in [-0.05, 0) is 61.5 Å². The summed E-state index contributed by atoms with van der Waals surface area (Å²) in [7, 11) is 0. The van der Waals surface area contributed by atoms with E-state index in [0.29, 0.717) is 6.54 Å². The molecule has 1 N–H and O–H groups in total. The molecule has 2 aromatic heterocycles. The summed E-state index contributed by atoms with van der Waals surface area (Å²) in [6.07, 6.45) is 6.47. The molecule has 0 unspecified atom stereocenters. The average molecular weight is 424 g/mol. The third-order valence-corrected chi connectivity index (χ3v) is 7.19. The summed E-state index contributed by atoms with van der Waals surface area (Å²) in [6.45, 7) is 6.05. The highest BCUT2D eigenvalue weighted by molar-refractivity contribution is 7.10. The van der Waals surface area contributed by atoms with Crippen molar-refractivity contribution >= 4 is 22.1 Å². The fourth-order valence-corrected chi connectivity index (χ4v) is 5.55. The van der Waals surface area contributed by atoms with Gasteiger partial charge in [0.25, 0.3) is 0 Å². The largest absolute Gasteiger partial charge is 0.487 e. The quantitative estimate of drug-likeness (QED) is 0.652. The van der Waals surface area contributed by atoms with Crippen molar-refractivity contribution in [2.75, 3.05) is 26.2 Å². The van der Waals surface area contributed by atoms with Crippen LogP contribution in [0.3, 0.4) is 0 Å². The normalized spacial score (nSPS) is 23.2. The lowest BCUT2D eigenvalue weighted by Crippen LogP contribution is -2.48. The number of β-amino-alcohol motifs (C(OH)–C–C–N with tert-alkyl or cyclic N) is 1. The zero-order chi connectivity index (χ0) is 20.3. The number of nitrogens with zero attached hydrogens (tertiary/aromatic N) is 3. The van der Waals surface area contributed by atoms with Gasteiger partial charge in [-0.25, -0.2) is 0 Å². The van der Waals surface area contributed by atoms with Gasteiger partial charge in [-0.2, -0.15) is 0 Å². The van der Waals surface area contributed by atoms with Crippen molar-refractivity contribution in [2.45, 2.75) is 44.6 Å². The highest BCUT2D eigenvalue weighted by Gasteiger charge is 2.30. The first-order valence-electron chi connectivity index (χ1n) is 10.9. The molecule has 0 bridgehead atoms. The van der Waals surface area contributed by atoms with E-state index in [1.165, 1.54) is 36.4 Å². The smallest absolute Gasteiger partial charge is 0.127 e. The minimum absolute atomic E-state index is 0.172. The number of aliphatic hydroxyl groups is 1. The number of hydrogen-bond donors (Lipinski definition) is 1. The molecule has 6 heteroatoms. The lowest BCUT2D eigenvalue weighted by Gasteiger charge is -2.35. The van der Waals surface area contributed by atoms with Gasteiger partial charge in [-0.1, -0.05) is 12.1 Å². The van der Waals surface area contributed by atoms with Crippen LogP contribution in [0.25, 0.3) is 10.8 Å². The zero-order valence-corrected chi connectivity index (χ0v) is 18.1. The van der Waals surface area contributed by atoms with Crippen molar-refractivity contribution in [3.63, 3.8) is 0 Å². The minimum Gasteiger partial charge on any atom is -0.487 e. The predicted molar refractivity (Wildman–Crippen MR) is 121 cm³/mol. The number of thiophene rings is 1. The summed E-state index contributed by atoms with van der Waals surface area (Å²) in [5.41, 5.74) is 1.43. The lowest BCUT2D eigenvalue weighted by atomic mass is 10.0. The number of rotatable bonds is 6. The van der Waals surface area contributed by atoms with E-state index in [2.05, 4.69) is 26.2 Å². The van der Waals surface area contributed by atoms with E-state index in [9.17, 15) is 5.11 Å². The zero-order valence-electron chi connectivity index (χ0n) is 17.2. The van der Waals surface area contributed by atoms with Gasteiger partial charge in [0.05, 0.1) is 0 Å². The van der Waals surface area contributed by atoms with Crippen LogP contribution < -0.4 is 4.74 Å². The molecule has 158 valence electrons. The van der Waals surface area contributed by atoms with Crippen LogP contribution in [0.1, 0.15) is 29.7 Å². The number of aromatic nitrogens is 1. The Hall–Kier alpha value is -1.99. The Morgan fingerprint density at radius 1 is 1.10 bits per heavy atom. The Balaban J connectivity index is 1.17. The summed E-state index contributed by atoms with van der Waals surface area (Å²) >= 11 is 1.85. The van der Waals surface area contributed by atoms with Gasteiger partial charge < -0.3 is 9.84 Å². The monoisotopic (exact) mass is 423 g/mol. The van der Waals surface area contributed by atoms with E-state index in [1.54, 1.807) is 6.20 Å². The van der Waals surface area contributed by atoms with Crippen LogP contribution in [0.2, 0.25) is 0 Å². The molecule has 0 spiro atoms. The third kappa shape index (κ3) is 4.52. The van der Waals surface area contributed by atoms with Crippen LogP contribution in [-0.2, 0) is 13.1 Å². The average Bonchev–Trinajstić information content (AvgIpc) is 3.43. The van der Waals surface area contributed by atoms with Gasteiger partial charge in [0.1, 0.15) is 18.0 Å². The number of benzene rings is 1. The van der Waals surface area contributed by atoms with Gasteiger partial charge in [0.2, 0.25) is 0 Å². The second-order valence-corrected chi connectivity index (χ2v) is 9.50. The fourth-order valence-electron chi connectivity index (χ4n) is 4.63. The standard InChI is InChI=1S/C24H29N3O2S/c28-22-16-27(15-20-12-18(17-30-20)14-26-9-1-2-10-26)11-7-24(22)29-23-5-3-4-19-13-25-8-6-21(19)23/h3-6,8,12-13,17,22,24,28H,1-2,7,9-11,14-16H2/t22-,24-/m1/s1. The molecule has 5 nitrogen and oxygen atoms in total. The second-order valence-electron chi connectivity index (χ2n) is 8.50. The molecule has 2 fully saturated rings. The summed E-state index contributed by atoms with van der Waals surface area (Å²) in [4.78, 5) is 10.5. The van der Waals surface area contributed by atoms with E-state index in [0.717, 1.165) is 42.6 Å². The van der Waals surface area contributed by atoms with Crippen molar-refractivity contribution in [3.05, 3.63) is 58.5 Å². The van der Waals surface area contributed by atoms with Crippen molar-refractivity contribution in [1.29, 1.82) is 0 Å². The number of hydrogen-bond acceptors (Lipinski definition) is 6. The molecule has 2 aliphatic heterocycles. The summed E-state index contributed by atoms with van der Waals surface area (Å²) in [5.74, 6) is 0.831. The Kier molecular flexibility index (Phi) is 6.00. The van der Waals surface area contributed by atoms with Gasteiger partial charge >= 0.3 is 0 Å². The van der Waals surface area contributed by atoms with Gasteiger partial charge in [-0.3, -0.25) is 14.8 Å². The fraction of sp³-hybridized carbons (Fsp3) is 0.458. The first-order chi connectivity index (χ1) is 14.7. The topological polar surface area (TPSA) is 48.8 Å². The Morgan fingerprint density at radius 3 is 2.87 bits per heavy atom. The van der Waals surface area contributed by atoms with E-state index in [4.69, 9.17) is 4.74 Å². The molecular weight excluding hydrogens is 394 g/mol. The first-order valence-corrected chi connectivity index (χ1v) is 11.8.